The summed E-state index contributed by atoms with van der Waals surface area (Å²) < 4.78 is 5.16. The van der Waals surface area contributed by atoms with Crippen molar-refractivity contribution in [1.82, 2.24) is 4.98 Å². The molecule has 0 unspecified atom stereocenters. The third-order valence-electron chi connectivity index (χ3n) is 2.86. The molecule has 0 aliphatic heterocycles. The molecule has 0 amide bonds. The van der Waals surface area contributed by atoms with Gasteiger partial charge >= 0.3 is 5.97 Å². The first kappa shape index (κ1) is 12.9. The van der Waals surface area contributed by atoms with Crippen molar-refractivity contribution in [2.24, 2.45) is 0 Å². The molecule has 0 saturated heterocycles. The van der Waals surface area contributed by atoms with E-state index in [1.165, 1.54) is 12.3 Å². The fourth-order valence-corrected chi connectivity index (χ4v) is 1.87. The quantitative estimate of drug-likeness (QED) is 0.884. The summed E-state index contributed by atoms with van der Waals surface area (Å²) in [4.78, 5) is 24.7. The van der Waals surface area contributed by atoms with Crippen molar-refractivity contribution in [3.05, 3.63) is 51.9 Å². The van der Waals surface area contributed by atoms with Gasteiger partial charge in [0.1, 0.15) is 11.3 Å². The van der Waals surface area contributed by atoms with Gasteiger partial charge in [-0.3, -0.25) is 4.79 Å². The fourth-order valence-electron chi connectivity index (χ4n) is 1.87. The molecule has 19 heavy (non-hydrogen) atoms. The van der Waals surface area contributed by atoms with Crippen LogP contribution in [0.3, 0.4) is 0 Å². The lowest BCUT2D eigenvalue weighted by atomic mass is 10.0. The van der Waals surface area contributed by atoms with E-state index in [4.69, 9.17) is 9.84 Å². The molecule has 0 radical (unpaired) electrons. The second-order valence-corrected chi connectivity index (χ2v) is 4.12. The Kier molecular flexibility index (Phi) is 3.37. The summed E-state index contributed by atoms with van der Waals surface area (Å²) >= 11 is 0. The Morgan fingerprint density at radius 2 is 2.00 bits per heavy atom. The molecule has 0 aliphatic rings. The molecule has 0 spiro atoms. The monoisotopic (exact) mass is 259 g/mol. The van der Waals surface area contributed by atoms with Crippen molar-refractivity contribution < 1.29 is 14.6 Å². The van der Waals surface area contributed by atoms with Crippen LogP contribution in [0.1, 0.15) is 15.9 Å². The number of carboxylic acids is 1. The first-order chi connectivity index (χ1) is 9.02. The van der Waals surface area contributed by atoms with Gasteiger partial charge in [-0.2, -0.15) is 0 Å². The third-order valence-corrected chi connectivity index (χ3v) is 2.86. The van der Waals surface area contributed by atoms with Crippen molar-refractivity contribution in [3.63, 3.8) is 0 Å². The number of ether oxygens (including phenoxy) is 1. The molecular weight excluding hydrogens is 246 g/mol. The van der Waals surface area contributed by atoms with Gasteiger partial charge in [-0.05, 0) is 41.8 Å². The maximum atomic E-state index is 11.4. The Labute approximate surface area is 109 Å². The number of carbonyl (C=O) groups is 1. The average Bonchev–Trinajstić information content (AvgIpc) is 2.38. The van der Waals surface area contributed by atoms with Gasteiger partial charge in [-0.15, -0.1) is 0 Å². The van der Waals surface area contributed by atoms with Gasteiger partial charge in [0.2, 0.25) is 0 Å². The van der Waals surface area contributed by atoms with Crippen LogP contribution in [0.2, 0.25) is 0 Å². The second-order valence-electron chi connectivity index (χ2n) is 4.12. The summed E-state index contributed by atoms with van der Waals surface area (Å²) in [6.45, 7) is 1.89. The Hall–Kier alpha value is -2.56. The number of H-pyrrole nitrogens is 1. The Morgan fingerprint density at radius 1 is 1.26 bits per heavy atom. The Bertz CT molecular complexity index is 688. The van der Waals surface area contributed by atoms with Gasteiger partial charge < -0.3 is 14.8 Å². The van der Waals surface area contributed by atoms with Crippen LogP contribution in [0.15, 0.2) is 35.3 Å². The van der Waals surface area contributed by atoms with Gasteiger partial charge in [0.15, 0.2) is 0 Å². The predicted molar refractivity (Wildman–Crippen MR) is 70.7 cm³/mol. The van der Waals surface area contributed by atoms with E-state index in [0.717, 1.165) is 16.9 Å². The highest BCUT2D eigenvalue weighted by Crippen LogP contribution is 2.25. The van der Waals surface area contributed by atoms with Crippen LogP contribution in [-0.2, 0) is 0 Å². The number of aryl methyl sites for hydroxylation is 1. The second kappa shape index (κ2) is 4.97. The van der Waals surface area contributed by atoms with Crippen molar-refractivity contribution in [2.45, 2.75) is 6.92 Å². The van der Waals surface area contributed by atoms with E-state index in [9.17, 15) is 9.59 Å². The molecule has 0 bridgehead atoms. The Balaban J connectivity index is 2.53. The van der Waals surface area contributed by atoms with Crippen LogP contribution in [0.25, 0.3) is 11.1 Å². The molecular formula is C14H13NO4. The molecule has 5 nitrogen and oxygen atoms in total. The van der Waals surface area contributed by atoms with Crippen LogP contribution in [-0.4, -0.2) is 23.2 Å². The molecule has 0 atom stereocenters. The van der Waals surface area contributed by atoms with E-state index in [1.807, 2.05) is 19.1 Å². The van der Waals surface area contributed by atoms with Crippen molar-refractivity contribution in [3.8, 4) is 16.9 Å². The number of aromatic amines is 1. The SMILES string of the molecule is COc1ccc(-c2c[nH]c(=O)c(C(=O)O)c2)cc1C. The van der Waals surface area contributed by atoms with E-state index in [0.29, 0.717) is 5.56 Å². The lowest BCUT2D eigenvalue weighted by Gasteiger charge is -2.08. The summed E-state index contributed by atoms with van der Waals surface area (Å²) in [5.74, 6) is -0.486. The van der Waals surface area contributed by atoms with Crippen molar-refractivity contribution >= 4 is 5.97 Å². The highest BCUT2D eigenvalue weighted by molar-refractivity contribution is 5.88. The normalized spacial score (nSPS) is 10.2. The average molecular weight is 259 g/mol. The van der Waals surface area contributed by atoms with E-state index in [-0.39, 0.29) is 5.56 Å². The third kappa shape index (κ3) is 2.49. The minimum absolute atomic E-state index is 0.272. The van der Waals surface area contributed by atoms with E-state index in [1.54, 1.807) is 13.2 Å². The topological polar surface area (TPSA) is 79.4 Å². The number of pyridine rings is 1. The smallest absolute Gasteiger partial charge is 0.341 e. The summed E-state index contributed by atoms with van der Waals surface area (Å²) in [6, 6.07) is 6.85. The first-order valence-electron chi connectivity index (χ1n) is 5.64. The van der Waals surface area contributed by atoms with Gasteiger partial charge in [0, 0.05) is 6.20 Å². The number of aromatic carboxylic acids is 1. The maximum absolute atomic E-state index is 11.4. The number of aromatic nitrogens is 1. The van der Waals surface area contributed by atoms with E-state index >= 15 is 0 Å². The predicted octanol–water partition coefficient (Wildman–Crippen LogP) is 2.06. The van der Waals surface area contributed by atoms with Crippen LogP contribution in [0.4, 0.5) is 0 Å². The summed E-state index contributed by atoms with van der Waals surface area (Å²) in [5, 5.41) is 8.93. The number of hydrogen-bond donors (Lipinski definition) is 2. The molecule has 0 aliphatic carbocycles. The minimum Gasteiger partial charge on any atom is -0.496 e. The first-order valence-corrected chi connectivity index (χ1v) is 5.64. The lowest BCUT2D eigenvalue weighted by Crippen LogP contribution is -2.16. The van der Waals surface area contributed by atoms with Crippen LogP contribution in [0, 0.1) is 6.92 Å². The van der Waals surface area contributed by atoms with Gasteiger partial charge in [-0.25, -0.2) is 4.79 Å². The van der Waals surface area contributed by atoms with Gasteiger partial charge in [0.25, 0.3) is 5.56 Å². The molecule has 1 aromatic heterocycles. The highest BCUT2D eigenvalue weighted by Gasteiger charge is 2.11. The fraction of sp³-hybridized carbons (Fsp3) is 0.143. The molecule has 0 saturated carbocycles. The lowest BCUT2D eigenvalue weighted by molar-refractivity contribution is 0.0695. The number of nitrogens with one attached hydrogen (secondary N) is 1. The molecule has 0 fully saturated rings. The standard InChI is InChI=1S/C14H13NO4/c1-8-5-9(3-4-12(8)19-2)10-6-11(14(17)18)13(16)15-7-10/h3-7H,1-2H3,(H,15,16)(H,17,18). The van der Waals surface area contributed by atoms with Crippen molar-refractivity contribution in [1.29, 1.82) is 0 Å². The largest absolute Gasteiger partial charge is 0.496 e. The van der Waals surface area contributed by atoms with E-state index in [2.05, 4.69) is 4.98 Å². The molecule has 2 N–H and O–H groups in total. The molecule has 1 heterocycles. The zero-order valence-corrected chi connectivity index (χ0v) is 10.6. The number of methoxy groups -OCH3 is 1. The maximum Gasteiger partial charge on any atom is 0.341 e. The number of benzene rings is 1. The van der Waals surface area contributed by atoms with Crippen LogP contribution >= 0.6 is 0 Å². The molecule has 98 valence electrons. The molecule has 1 aromatic carbocycles. The van der Waals surface area contributed by atoms with Crippen molar-refractivity contribution in [2.75, 3.05) is 7.11 Å². The van der Waals surface area contributed by atoms with Gasteiger partial charge in [0.05, 0.1) is 7.11 Å². The van der Waals surface area contributed by atoms with Crippen LogP contribution in [0.5, 0.6) is 5.75 Å². The van der Waals surface area contributed by atoms with E-state index < -0.39 is 11.5 Å². The van der Waals surface area contributed by atoms with Crippen LogP contribution < -0.4 is 10.3 Å². The molecule has 2 rings (SSSR count). The summed E-state index contributed by atoms with van der Waals surface area (Å²) in [7, 11) is 1.59. The Morgan fingerprint density at radius 3 is 2.58 bits per heavy atom. The summed E-state index contributed by atoms with van der Waals surface area (Å²) in [6.07, 6.45) is 1.50. The zero-order chi connectivity index (χ0) is 14.0. The number of rotatable bonds is 3. The van der Waals surface area contributed by atoms with Gasteiger partial charge in [-0.1, -0.05) is 6.07 Å². The molecule has 2 aromatic rings. The number of hydrogen-bond acceptors (Lipinski definition) is 3. The number of carboxylic acid groups (broad SMARTS) is 1. The zero-order valence-electron chi connectivity index (χ0n) is 10.6. The minimum atomic E-state index is -1.24. The molecule has 5 heteroatoms. The highest BCUT2D eigenvalue weighted by atomic mass is 16.5. The summed E-state index contributed by atoms with van der Waals surface area (Å²) in [5.41, 5.74) is 1.51.